The number of carbonyl (C=O) groups excluding carboxylic acids is 2. The molecular weight excluding hydrogens is 868 g/mol. The van der Waals surface area contributed by atoms with Crippen molar-refractivity contribution in [3.05, 3.63) is 0 Å². The highest BCUT2D eigenvalue weighted by Crippen LogP contribution is 2.41. The van der Waals surface area contributed by atoms with Crippen LogP contribution in [0.15, 0.2) is 0 Å². The van der Waals surface area contributed by atoms with Crippen LogP contribution < -0.4 is 10.6 Å². The van der Waals surface area contributed by atoms with Gasteiger partial charge in [-0.15, -0.1) is 0 Å². The van der Waals surface area contributed by atoms with Gasteiger partial charge in [0.25, 0.3) is 11.6 Å². The summed E-state index contributed by atoms with van der Waals surface area (Å²) in [7, 11) is 0. The first-order chi connectivity index (χ1) is 29.4. The monoisotopic (exact) mass is 924 g/mol. The molecule has 4 rings (SSSR count). The van der Waals surface area contributed by atoms with Crippen molar-refractivity contribution in [3.8, 4) is 0 Å². The second-order valence-corrected chi connectivity index (χ2v) is 15.5. The van der Waals surface area contributed by atoms with Crippen LogP contribution in [-0.2, 0) is 52.3 Å². The molecule has 4 aliphatic rings. The average molecular weight is 925 g/mol. The van der Waals surface area contributed by atoms with Crippen LogP contribution in [-0.4, -0.2) is 266 Å². The molecule has 364 valence electrons. The summed E-state index contributed by atoms with van der Waals surface area (Å²) in [5, 5.41) is 171. The van der Waals surface area contributed by atoms with Gasteiger partial charge in [0.15, 0.2) is 12.6 Å². The predicted molar refractivity (Wildman–Crippen MR) is 191 cm³/mol. The number of hydrogen-bond acceptors (Lipinski definition) is 25. The summed E-state index contributed by atoms with van der Waals surface area (Å²) in [6.45, 7) is -2.70. The second kappa shape index (κ2) is 21.6. The van der Waals surface area contributed by atoms with Crippen molar-refractivity contribution in [1.82, 2.24) is 10.6 Å². The Kier molecular flexibility index (Phi) is 18.0. The van der Waals surface area contributed by atoms with Crippen LogP contribution in [0.2, 0.25) is 0 Å². The second-order valence-electron chi connectivity index (χ2n) is 15.5. The van der Waals surface area contributed by atoms with Crippen LogP contribution in [0.25, 0.3) is 0 Å². The number of aliphatic hydroxyl groups excluding tert-OH is 14. The molecule has 4 heterocycles. The third-order valence-corrected chi connectivity index (χ3v) is 11.1. The molecule has 29 nitrogen and oxygen atoms in total. The maximum atomic E-state index is 13.3. The summed E-state index contributed by atoms with van der Waals surface area (Å²) >= 11 is 0. The number of rotatable bonds is 18. The van der Waals surface area contributed by atoms with Crippen LogP contribution in [0.3, 0.4) is 0 Å². The highest BCUT2D eigenvalue weighted by Gasteiger charge is 2.63. The molecule has 4 aliphatic heterocycles. The number of ether oxygens (including phenoxy) is 7. The number of carboxylic acids is 2. The van der Waals surface area contributed by atoms with Gasteiger partial charge in [-0.1, -0.05) is 0 Å². The molecule has 22 atom stereocenters. The summed E-state index contributed by atoms with van der Waals surface area (Å²) in [5.41, 5.74) is 0. The van der Waals surface area contributed by atoms with Gasteiger partial charge >= 0.3 is 11.9 Å². The summed E-state index contributed by atoms with van der Waals surface area (Å²) in [6, 6.07) is -3.90. The third-order valence-electron chi connectivity index (χ3n) is 11.1. The van der Waals surface area contributed by atoms with Crippen molar-refractivity contribution in [1.29, 1.82) is 0 Å². The number of aliphatic carboxylic acids is 2. The largest absolute Gasteiger partial charge is 0.477 e. The lowest BCUT2D eigenvalue weighted by Crippen LogP contribution is -2.72. The Labute approximate surface area is 355 Å². The Morgan fingerprint density at radius 1 is 0.714 bits per heavy atom. The fourth-order valence-electron chi connectivity index (χ4n) is 7.56. The topological polar surface area (TPSA) is 481 Å². The van der Waals surface area contributed by atoms with E-state index in [1.165, 1.54) is 6.92 Å². The van der Waals surface area contributed by atoms with Crippen LogP contribution in [0.1, 0.15) is 26.7 Å². The van der Waals surface area contributed by atoms with Gasteiger partial charge in [-0.2, -0.15) is 0 Å². The lowest BCUT2D eigenvalue weighted by atomic mass is 9.86. The molecule has 0 saturated carbocycles. The van der Waals surface area contributed by atoms with E-state index in [9.17, 15) is 101 Å². The van der Waals surface area contributed by atoms with Crippen molar-refractivity contribution in [2.75, 3.05) is 26.4 Å². The zero-order valence-corrected chi connectivity index (χ0v) is 33.4. The van der Waals surface area contributed by atoms with E-state index in [0.717, 1.165) is 6.92 Å². The van der Waals surface area contributed by atoms with Crippen LogP contribution in [0, 0.1) is 0 Å². The maximum Gasteiger partial charge on any atom is 0.364 e. The fourth-order valence-corrected chi connectivity index (χ4v) is 7.56. The Balaban J connectivity index is 1.80. The third kappa shape index (κ3) is 11.4. The van der Waals surface area contributed by atoms with Crippen molar-refractivity contribution >= 4 is 23.8 Å². The molecule has 4 fully saturated rings. The van der Waals surface area contributed by atoms with Gasteiger partial charge in [-0.05, 0) is 6.92 Å². The van der Waals surface area contributed by atoms with Gasteiger partial charge in [-0.3, -0.25) is 9.59 Å². The van der Waals surface area contributed by atoms with Gasteiger partial charge < -0.3 is 125 Å². The number of carbonyl (C=O) groups is 4. The molecule has 0 aromatic rings. The quantitative estimate of drug-likeness (QED) is 0.0607. The Morgan fingerprint density at radius 2 is 1.30 bits per heavy atom. The normalized spacial score (nSPS) is 42.9. The first-order valence-corrected chi connectivity index (χ1v) is 19.4. The van der Waals surface area contributed by atoms with E-state index < -0.39 is 197 Å². The molecule has 29 heteroatoms. The minimum absolute atomic E-state index is 0.891. The van der Waals surface area contributed by atoms with Gasteiger partial charge in [0.1, 0.15) is 86.0 Å². The van der Waals surface area contributed by atoms with E-state index in [2.05, 4.69) is 10.6 Å². The minimum atomic E-state index is -3.36. The number of hydrogen-bond donors (Lipinski definition) is 18. The van der Waals surface area contributed by atoms with Crippen molar-refractivity contribution in [3.63, 3.8) is 0 Å². The van der Waals surface area contributed by atoms with Gasteiger partial charge in [0.2, 0.25) is 11.8 Å². The van der Waals surface area contributed by atoms with Crippen molar-refractivity contribution < 1.29 is 134 Å². The van der Waals surface area contributed by atoms with E-state index in [0.29, 0.717) is 0 Å². The molecule has 63 heavy (non-hydrogen) atoms. The van der Waals surface area contributed by atoms with E-state index in [1.807, 2.05) is 0 Å². The number of carboxylic acid groups (broad SMARTS) is 2. The van der Waals surface area contributed by atoms with Crippen LogP contribution >= 0.6 is 0 Å². The van der Waals surface area contributed by atoms with Crippen molar-refractivity contribution in [2.45, 2.75) is 161 Å². The molecule has 0 radical (unpaired) electrons. The maximum absolute atomic E-state index is 13.3. The highest BCUT2D eigenvalue weighted by atomic mass is 16.8. The van der Waals surface area contributed by atoms with Gasteiger partial charge in [0.05, 0.1) is 50.2 Å². The highest BCUT2D eigenvalue weighted by molar-refractivity contribution is 5.79. The molecule has 0 aromatic carbocycles. The number of aliphatic hydroxyl groups is 14. The number of amides is 2. The van der Waals surface area contributed by atoms with Gasteiger partial charge in [-0.25, -0.2) is 9.59 Å². The minimum Gasteiger partial charge on any atom is -0.477 e. The van der Waals surface area contributed by atoms with Gasteiger partial charge in [0, 0.05) is 19.8 Å². The molecule has 0 aromatic heterocycles. The van der Waals surface area contributed by atoms with Crippen LogP contribution in [0.4, 0.5) is 0 Å². The zero-order chi connectivity index (χ0) is 47.5. The lowest BCUT2D eigenvalue weighted by molar-refractivity contribution is -0.367. The predicted octanol–water partition coefficient (Wildman–Crippen LogP) is -11.0. The molecule has 18 N–H and O–H groups in total. The zero-order valence-electron chi connectivity index (χ0n) is 33.4. The smallest absolute Gasteiger partial charge is 0.364 e. The van der Waals surface area contributed by atoms with E-state index in [-0.39, 0.29) is 0 Å². The fraction of sp³-hybridized carbons (Fsp3) is 0.882. The van der Waals surface area contributed by atoms with Crippen molar-refractivity contribution in [2.24, 2.45) is 0 Å². The summed E-state index contributed by atoms with van der Waals surface area (Å²) in [5.74, 6) is -13.1. The molecule has 0 bridgehead atoms. The summed E-state index contributed by atoms with van der Waals surface area (Å²) in [4.78, 5) is 51.5. The molecule has 4 saturated heterocycles. The average Bonchev–Trinajstić information content (AvgIpc) is 3.23. The SMILES string of the molecule is CC(=O)N[C@H]1[C@H]([C@H](O)[C@H](O)CO)O[C@@](OC[C@H]2O[C@@H](O)[C@H](O)[C@@H](O)[C@@H]2O)(C(=O)O)C[C@@H]1O[C@]1(C(=O)O)C[C@H](O)[C@@H](NC(=O)CO)[C@H]([C@H](O)[C@@H](CO)O[C@H]2O[C@H](C)[C@H](O)[C@H](O)[C@H]2O)O1. The lowest BCUT2D eigenvalue weighted by Gasteiger charge is -2.52. The molecule has 0 aliphatic carbocycles. The van der Waals surface area contributed by atoms with Crippen LogP contribution in [0.5, 0.6) is 0 Å². The van der Waals surface area contributed by atoms with E-state index >= 15 is 0 Å². The molecule has 0 spiro atoms. The van der Waals surface area contributed by atoms with E-state index in [1.54, 1.807) is 0 Å². The Morgan fingerprint density at radius 3 is 1.86 bits per heavy atom. The molecule has 2 amide bonds. The Hall–Kier alpha value is -2.96. The molecular formula is C34H56N2O27. The van der Waals surface area contributed by atoms with E-state index in [4.69, 9.17) is 33.2 Å². The first kappa shape index (κ1) is 52.7. The summed E-state index contributed by atoms with van der Waals surface area (Å²) < 4.78 is 38.8. The Bertz CT molecular complexity index is 1570. The standard InChI is InChI=1S/C34H56N2O27/c1-9-19(44)23(48)26(51)30(58-9)60-14(6-38)22(47)27-17(36-16(43)7-39)11(41)3-34(63-27,32(55)56)61-13-4-33(31(53)54,57-8-15-21(46)24(49)25(50)29(52)59-15)62-28(18(13)35-10(2)40)20(45)12(42)5-37/h9,11-15,17-30,37-39,41-42,44-52H,3-8H2,1-2H3,(H,35,40)(H,36,43)(H,53,54)(H,55,56)/t9-,11+,12-,13+,14-,15-,17-,18-,19+,20-,21-,22-,23+,24+,25-,26-,27-,28-,29-,30-,33-,34-/m1/s1. The summed E-state index contributed by atoms with van der Waals surface area (Å²) in [6.07, 6.45) is -39.5. The molecule has 0 unspecified atom stereocenters. The number of nitrogens with one attached hydrogen (secondary N) is 2. The first-order valence-electron chi connectivity index (χ1n) is 19.4.